The predicted molar refractivity (Wildman–Crippen MR) is 101 cm³/mol. The summed E-state index contributed by atoms with van der Waals surface area (Å²) >= 11 is 0. The van der Waals surface area contributed by atoms with Gasteiger partial charge in [0.15, 0.2) is 0 Å². The molecule has 0 radical (unpaired) electrons. The van der Waals surface area contributed by atoms with Crippen molar-refractivity contribution in [1.29, 1.82) is 0 Å². The molecule has 0 saturated heterocycles. The summed E-state index contributed by atoms with van der Waals surface area (Å²) in [5.74, 6) is -0.569. The third-order valence-corrected chi connectivity index (χ3v) is 4.11. The van der Waals surface area contributed by atoms with Crippen LogP contribution in [0.4, 0.5) is 0 Å². The summed E-state index contributed by atoms with van der Waals surface area (Å²) < 4.78 is 8.90. The summed E-state index contributed by atoms with van der Waals surface area (Å²) in [5.41, 5.74) is 1.46. The average molecular weight is 385 g/mol. The first-order valence-electron chi connectivity index (χ1n) is 8.33. The van der Waals surface area contributed by atoms with Gasteiger partial charge in [0.05, 0.1) is 23.5 Å². The van der Waals surface area contributed by atoms with Crippen molar-refractivity contribution >= 4 is 16.9 Å². The summed E-state index contributed by atoms with van der Waals surface area (Å²) in [4.78, 5) is 27.3. The molecule has 9 nitrogen and oxygen atoms in total. The van der Waals surface area contributed by atoms with Crippen molar-refractivity contribution in [1.82, 2.24) is 24.5 Å². The van der Waals surface area contributed by atoms with E-state index in [9.17, 15) is 9.59 Å². The fraction of sp³-hybridized carbons (Fsp3) is 0.105. The summed E-state index contributed by atoms with van der Waals surface area (Å²) in [7, 11) is 1.79. The summed E-state index contributed by atoms with van der Waals surface area (Å²) in [6.07, 6.45) is 6.29. The number of carboxylic acids is 1. The van der Waals surface area contributed by atoms with Gasteiger partial charge in [-0.2, -0.15) is 10.2 Å². The first-order chi connectivity index (χ1) is 13.5. The molecule has 3 aromatic heterocycles. The van der Waals surface area contributed by atoms with Gasteiger partial charge in [-0.05, 0) is 24.3 Å². The van der Waals surface area contributed by atoms with Gasteiger partial charge >= 0.3 is 24.8 Å². The second-order valence-corrected chi connectivity index (χ2v) is 6.12. The Balaban J connectivity index is 0.00000160. The van der Waals surface area contributed by atoms with E-state index in [1.54, 1.807) is 53.2 Å². The zero-order valence-electron chi connectivity index (χ0n) is 16.8. The van der Waals surface area contributed by atoms with E-state index in [0.29, 0.717) is 16.7 Å². The fourth-order valence-electron chi connectivity index (χ4n) is 2.69. The van der Waals surface area contributed by atoms with E-state index in [2.05, 4.69) is 15.2 Å². The van der Waals surface area contributed by atoms with Crippen molar-refractivity contribution in [3.05, 3.63) is 76.6 Å². The Morgan fingerprint density at radius 1 is 1.24 bits per heavy atom. The Morgan fingerprint density at radius 2 is 2.07 bits per heavy atom. The molecule has 0 saturated carbocycles. The van der Waals surface area contributed by atoms with Crippen LogP contribution in [0.5, 0.6) is 5.75 Å². The van der Waals surface area contributed by atoms with Crippen molar-refractivity contribution < 1.29 is 34.9 Å². The van der Waals surface area contributed by atoms with Gasteiger partial charge in [-0.25, -0.2) is 9.48 Å². The van der Waals surface area contributed by atoms with Gasteiger partial charge in [-0.3, -0.25) is 14.5 Å². The van der Waals surface area contributed by atoms with E-state index in [1.807, 2.05) is 0 Å². The van der Waals surface area contributed by atoms with Gasteiger partial charge in [0.25, 0.3) is 0 Å². The molecule has 1 aromatic carbocycles. The van der Waals surface area contributed by atoms with Gasteiger partial charge in [-0.15, -0.1) is 0 Å². The van der Waals surface area contributed by atoms with Crippen molar-refractivity contribution in [3.63, 3.8) is 0 Å². The van der Waals surface area contributed by atoms with Crippen LogP contribution in [0.25, 0.3) is 16.6 Å². The minimum absolute atomic E-state index is 0. The number of aromatic carboxylic acids is 1. The topological polar surface area (TPSA) is 112 Å². The zero-order valence-corrected chi connectivity index (χ0v) is 15.8. The van der Waals surface area contributed by atoms with Gasteiger partial charge in [0, 0.05) is 30.9 Å². The number of rotatable bonds is 5. The maximum absolute atomic E-state index is 12.1. The minimum Gasteiger partial charge on any atom is -1.00 e. The molecule has 4 rings (SSSR count). The second kappa shape index (κ2) is 8.30. The molecule has 0 aliphatic rings. The normalized spacial score (nSPS) is 10.5. The number of aryl methyl sites for hydroxylation is 1. The number of carbonyl (C=O) groups is 1. The Kier molecular flexibility index (Phi) is 5.82. The molecule has 142 valence electrons. The van der Waals surface area contributed by atoms with Crippen LogP contribution in [-0.2, 0) is 13.7 Å². The maximum atomic E-state index is 12.1. The van der Waals surface area contributed by atoms with Crippen LogP contribution in [0.2, 0.25) is 0 Å². The van der Waals surface area contributed by atoms with Crippen LogP contribution >= 0.6 is 0 Å². The number of hydrogen-bond acceptors (Lipinski definition) is 6. The second-order valence-electron chi connectivity index (χ2n) is 6.12. The standard InChI is InChI=1S/C19H15N5O4.Li.H/c1-23-10-14(9-21-23)24-5-4-18(25)17(22-24)11-28-15-2-3-16-12(7-15)6-13(8-20-16)19(26)27;;/h2-10H,11H2,1H3,(H,26,27);;/q;+1;-1. The molecule has 0 spiro atoms. The number of carboxylic acid groups (broad SMARTS) is 1. The van der Waals surface area contributed by atoms with E-state index in [4.69, 9.17) is 9.84 Å². The van der Waals surface area contributed by atoms with Crippen LogP contribution in [0.15, 0.2) is 59.9 Å². The molecule has 4 aromatic rings. The SMILES string of the molecule is Cn1cc(-n2ccc(=O)c(COc3ccc4ncc(C(=O)O)cc4c3)n2)cn1.[H-].[Li+]. The zero-order chi connectivity index (χ0) is 19.7. The van der Waals surface area contributed by atoms with Crippen molar-refractivity contribution in [3.8, 4) is 11.4 Å². The molecule has 1 N–H and O–H groups in total. The van der Waals surface area contributed by atoms with Gasteiger partial charge < -0.3 is 11.3 Å². The van der Waals surface area contributed by atoms with Crippen LogP contribution in [0, 0.1) is 0 Å². The quantitative estimate of drug-likeness (QED) is 0.435. The smallest absolute Gasteiger partial charge is 1.00 e. The summed E-state index contributed by atoms with van der Waals surface area (Å²) in [6, 6.07) is 8.05. The molecule has 0 aliphatic carbocycles. The Hall–Kier alpha value is -3.41. The van der Waals surface area contributed by atoms with Gasteiger partial charge in [0.1, 0.15) is 23.7 Å². The Morgan fingerprint density at radius 3 is 2.79 bits per heavy atom. The first-order valence-corrected chi connectivity index (χ1v) is 8.33. The number of pyridine rings is 1. The van der Waals surface area contributed by atoms with Crippen molar-refractivity contribution in [2.45, 2.75) is 6.61 Å². The van der Waals surface area contributed by atoms with Crippen LogP contribution < -0.4 is 29.0 Å². The summed E-state index contributed by atoms with van der Waals surface area (Å²) in [5, 5.41) is 18.1. The third-order valence-electron chi connectivity index (χ3n) is 4.11. The molecule has 0 unspecified atom stereocenters. The molecule has 0 atom stereocenters. The van der Waals surface area contributed by atoms with Gasteiger partial charge in [0.2, 0.25) is 5.43 Å². The minimum atomic E-state index is -1.05. The monoisotopic (exact) mass is 385 g/mol. The van der Waals surface area contributed by atoms with Crippen molar-refractivity contribution in [2.75, 3.05) is 0 Å². The Labute approximate surface area is 178 Å². The van der Waals surface area contributed by atoms with Crippen LogP contribution in [0.1, 0.15) is 17.5 Å². The number of ether oxygens (including phenoxy) is 1. The molecule has 0 bridgehead atoms. The predicted octanol–water partition coefficient (Wildman–Crippen LogP) is -1.09. The Bertz CT molecular complexity index is 1260. The number of hydrogen-bond donors (Lipinski definition) is 1. The van der Waals surface area contributed by atoms with E-state index in [-0.39, 0.29) is 43.6 Å². The average Bonchev–Trinajstić information content (AvgIpc) is 3.13. The molecule has 0 amide bonds. The fourth-order valence-corrected chi connectivity index (χ4v) is 2.69. The molecule has 29 heavy (non-hydrogen) atoms. The van der Waals surface area contributed by atoms with Crippen LogP contribution in [0.3, 0.4) is 0 Å². The van der Waals surface area contributed by atoms with E-state index in [0.717, 1.165) is 5.69 Å². The molecule has 3 heterocycles. The molecule has 0 aliphatic heterocycles. The third kappa shape index (κ3) is 4.37. The molecule has 0 fully saturated rings. The molecular weight excluding hydrogens is 369 g/mol. The van der Waals surface area contributed by atoms with Gasteiger partial charge in [-0.1, -0.05) is 0 Å². The van der Waals surface area contributed by atoms with E-state index < -0.39 is 5.97 Å². The van der Waals surface area contributed by atoms with Crippen LogP contribution in [-0.4, -0.2) is 35.6 Å². The molecular formula is C19H16LiN5O4. The largest absolute Gasteiger partial charge is 1.00 e. The summed E-state index contributed by atoms with van der Waals surface area (Å²) in [6.45, 7) is -0.0303. The maximum Gasteiger partial charge on any atom is 1.00 e. The first kappa shape index (κ1) is 20.3. The number of fused-ring (bicyclic) bond motifs is 1. The molecule has 10 heteroatoms. The van der Waals surface area contributed by atoms with E-state index >= 15 is 0 Å². The number of benzene rings is 1. The number of nitrogens with zero attached hydrogens (tertiary/aromatic N) is 5. The number of aromatic nitrogens is 5. The van der Waals surface area contributed by atoms with E-state index in [1.165, 1.54) is 18.3 Å². The van der Waals surface area contributed by atoms with Crippen molar-refractivity contribution in [2.24, 2.45) is 7.05 Å².